The van der Waals surface area contributed by atoms with Gasteiger partial charge in [0.2, 0.25) is 5.95 Å². The summed E-state index contributed by atoms with van der Waals surface area (Å²) in [7, 11) is 2.06. The van der Waals surface area contributed by atoms with E-state index in [0.717, 1.165) is 55.5 Å². The fraction of sp³-hybridized carbons (Fsp3) is 0.652. The lowest BCUT2D eigenvalue weighted by molar-refractivity contribution is 0.233. The first-order valence-electron chi connectivity index (χ1n) is 11.3. The van der Waals surface area contributed by atoms with E-state index in [-0.39, 0.29) is 6.61 Å². The van der Waals surface area contributed by atoms with Crippen LogP contribution in [-0.4, -0.2) is 64.7 Å². The van der Waals surface area contributed by atoms with E-state index >= 15 is 0 Å². The lowest BCUT2D eigenvalue weighted by atomic mass is 10.0. The van der Waals surface area contributed by atoms with E-state index in [2.05, 4.69) is 54.7 Å². The van der Waals surface area contributed by atoms with Gasteiger partial charge in [0.05, 0.1) is 12.8 Å². The Hall–Kier alpha value is -2.48. The molecule has 1 aliphatic rings. The zero-order valence-corrected chi connectivity index (χ0v) is 19.5. The molecule has 0 bridgehead atoms. The Balaban J connectivity index is 1.61. The van der Waals surface area contributed by atoms with Crippen molar-refractivity contribution < 1.29 is 9.84 Å². The molecule has 0 aromatic carbocycles. The van der Waals surface area contributed by atoms with E-state index in [4.69, 9.17) is 19.8 Å². The SMILES string of the molecule is Cc1nc(N2CCC(N(C)c3cc(OCCCO)cnn3)CC2)nc(C)c1CC(C)C. The molecular weight excluding hydrogens is 392 g/mol. The average Bonchev–Trinajstić information content (AvgIpc) is 2.76. The van der Waals surface area contributed by atoms with Crippen molar-refractivity contribution >= 4 is 11.8 Å². The number of hydrogen-bond donors (Lipinski definition) is 1. The first-order valence-corrected chi connectivity index (χ1v) is 11.3. The van der Waals surface area contributed by atoms with Crippen molar-refractivity contribution in [2.45, 2.75) is 59.4 Å². The molecule has 0 unspecified atom stereocenters. The maximum Gasteiger partial charge on any atom is 0.225 e. The third-order valence-corrected chi connectivity index (χ3v) is 5.87. The molecule has 1 aliphatic heterocycles. The van der Waals surface area contributed by atoms with Crippen LogP contribution in [0.15, 0.2) is 12.3 Å². The number of rotatable bonds is 9. The van der Waals surface area contributed by atoms with Gasteiger partial charge in [-0.15, -0.1) is 5.10 Å². The fourth-order valence-electron chi connectivity index (χ4n) is 4.05. The van der Waals surface area contributed by atoms with Gasteiger partial charge in [0.25, 0.3) is 0 Å². The largest absolute Gasteiger partial charge is 0.492 e. The van der Waals surface area contributed by atoms with Gasteiger partial charge in [0.1, 0.15) is 5.75 Å². The van der Waals surface area contributed by atoms with E-state index < -0.39 is 0 Å². The van der Waals surface area contributed by atoms with Crippen LogP contribution in [0.4, 0.5) is 11.8 Å². The van der Waals surface area contributed by atoms with Crippen LogP contribution in [0.25, 0.3) is 0 Å². The Morgan fingerprint density at radius 3 is 2.48 bits per heavy atom. The van der Waals surface area contributed by atoms with Gasteiger partial charge < -0.3 is 19.6 Å². The third kappa shape index (κ3) is 6.03. The second kappa shape index (κ2) is 10.7. The molecular formula is C23H36N6O2. The number of hydrogen-bond acceptors (Lipinski definition) is 8. The summed E-state index contributed by atoms with van der Waals surface area (Å²) >= 11 is 0. The Bertz CT molecular complexity index is 829. The normalized spacial score (nSPS) is 14.9. The van der Waals surface area contributed by atoms with Gasteiger partial charge in [-0.1, -0.05) is 13.8 Å². The number of ether oxygens (including phenoxy) is 1. The molecule has 1 fully saturated rings. The van der Waals surface area contributed by atoms with Gasteiger partial charge in [-0.25, -0.2) is 9.97 Å². The van der Waals surface area contributed by atoms with Gasteiger partial charge in [-0.05, 0) is 44.6 Å². The molecule has 0 aliphatic carbocycles. The van der Waals surface area contributed by atoms with Crippen LogP contribution >= 0.6 is 0 Å². The minimum atomic E-state index is 0.118. The molecule has 2 aromatic rings. The molecule has 3 heterocycles. The summed E-state index contributed by atoms with van der Waals surface area (Å²) in [6.07, 6.45) is 5.24. The number of anilines is 2. The molecule has 170 valence electrons. The third-order valence-electron chi connectivity index (χ3n) is 5.87. The highest BCUT2D eigenvalue weighted by Crippen LogP contribution is 2.26. The van der Waals surface area contributed by atoms with E-state index in [9.17, 15) is 0 Å². The summed E-state index contributed by atoms with van der Waals surface area (Å²) in [6.45, 7) is 11.1. The summed E-state index contributed by atoms with van der Waals surface area (Å²) < 4.78 is 5.64. The second-order valence-electron chi connectivity index (χ2n) is 8.78. The van der Waals surface area contributed by atoms with Crippen molar-refractivity contribution in [1.82, 2.24) is 20.2 Å². The fourth-order valence-corrected chi connectivity index (χ4v) is 4.05. The van der Waals surface area contributed by atoms with E-state index in [1.165, 1.54) is 5.56 Å². The maximum atomic E-state index is 8.91. The topological polar surface area (TPSA) is 87.5 Å². The monoisotopic (exact) mass is 428 g/mol. The second-order valence-corrected chi connectivity index (χ2v) is 8.78. The number of nitrogens with zero attached hydrogens (tertiary/aromatic N) is 6. The van der Waals surface area contributed by atoms with E-state index in [1.54, 1.807) is 6.20 Å². The van der Waals surface area contributed by atoms with Gasteiger partial charge in [0, 0.05) is 56.7 Å². The van der Waals surface area contributed by atoms with Crippen LogP contribution in [0.2, 0.25) is 0 Å². The lowest BCUT2D eigenvalue weighted by Crippen LogP contribution is -2.44. The molecule has 1 saturated heterocycles. The molecule has 0 radical (unpaired) electrons. The molecule has 1 N–H and O–H groups in total. The molecule has 3 rings (SSSR count). The maximum absolute atomic E-state index is 8.91. The Kier molecular flexibility index (Phi) is 8.01. The minimum Gasteiger partial charge on any atom is -0.492 e. The van der Waals surface area contributed by atoms with Gasteiger partial charge in [-0.2, -0.15) is 5.10 Å². The summed E-state index contributed by atoms with van der Waals surface area (Å²) in [5.41, 5.74) is 3.49. The summed E-state index contributed by atoms with van der Waals surface area (Å²) in [5.74, 6) is 2.94. The van der Waals surface area contributed by atoms with Crippen LogP contribution in [0.3, 0.4) is 0 Å². The van der Waals surface area contributed by atoms with Crippen molar-refractivity contribution in [3.8, 4) is 5.75 Å². The van der Waals surface area contributed by atoms with Gasteiger partial charge in [0.15, 0.2) is 5.82 Å². The average molecular weight is 429 g/mol. The predicted molar refractivity (Wildman–Crippen MR) is 123 cm³/mol. The van der Waals surface area contributed by atoms with Crippen LogP contribution in [-0.2, 0) is 6.42 Å². The number of aryl methyl sites for hydroxylation is 2. The standard InChI is InChI=1S/C23H36N6O2/c1-16(2)13-21-17(3)25-23(26-18(21)4)29-9-7-19(8-10-29)28(5)22-14-20(15-24-27-22)31-12-6-11-30/h14-16,19,30H,6-13H2,1-5H3. The molecule has 8 heteroatoms. The minimum absolute atomic E-state index is 0.118. The summed E-state index contributed by atoms with van der Waals surface area (Å²) in [4.78, 5) is 14.1. The highest BCUT2D eigenvalue weighted by Gasteiger charge is 2.26. The first-order chi connectivity index (χ1) is 14.9. The molecule has 31 heavy (non-hydrogen) atoms. The summed E-state index contributed by atoms with van der Waals surface area (Å²) in [6, 6.07) is 2.29. The molecule has 0 amide bonds. The molecule has 0 spiro atoms. The smallest absolute Gasteiger partial charge is 0.225 e. The highest BCUT2D eigenvalue weighted by atomic mass is 16.5. The number of aliphatic hydroxyl groups is 1. The van der Waals surface area contributed by atoms with Gasteiger partial charge in [-0.3, -0.25) is 0 Å². The first kappa shape index (κ1) is 23.2. The highest BCUT2D eigenvalue weighted by molar-refractivity contribution is 5.43. The van der Waals surface area contributed by atoms with Crippen molar-refractivity contribution in [3.63, 3.8) is 0 Å². The Labute approximate surface area is 185 Å². The Morgan fingerprint density at radius 1 is 1.19 bits per heavy atom. The van der Waals surface area contributed by atoms with E-state index in [0.29, 0.717) is 30.7 Å². The molecule has 2 aromatic heterocycles. The van der Waals surface area contributed by atoms with Crippen molar-refractivity contribution in [3.05, 3.63) is 29.2 Å². The van der Waals surface area contributed by atoms with E-state index in [1.807, 2.05) is 6.07 Å². The van der Waals surface area contributed by atoms with Gasteiger partial charge >= 0.3 is 0 Å². The van der Waals surface area contributed by atoms with Crippen LogP contribution in [0.5, 0.6) is 5.75 Å². The lowest BCUT2D eigenvalue weighted by Gasteiger charge is -2.37. The zero-order chi connectivity index (χ0) is 22.4. The van der Waals surface area contributed by atoms with Crippen LogP contribution in [0, 0.1) is 19.8 Å². The summed E-state index contributed by atoms with van der Waals surface area (Å²) in [5, 5.41) is 17.3. The van der Waals surface area contributed by atoms with Crippen LogP contribution in [0.1, 0.15) is 50.1 Å². The van der Waals surface area contributed by atoms with Crippen molar-refractivity contribution in [2.24, 2.45) is 5.92 Å². The Morgan fingerprint density at radius 2 is 1.87 bits per heavy atom. The molecule has 0 atom stereocenters. The van der Waals surface area contributed by atoms with Crippen molar-refractivity contribution in [1.29, 1.82) is 0 Å². The number of aromatic nitrogens is 4. The number of aliphatic hydroxyl groups excluding tert-OH is 1. The number of piperidine rings is 1. The quantitative estimate of drug-likeness (QED) is 0.610. The zero-order valence-electron chi connectivity index (χ0n) is 19.5. The van der Waals surface area contributed by atoms with Crippen LogP contribution < -0.4 is 14.5 Å². The molecule has 0 saturated carbocycles. The van der Waals surface area contributed by atoms with Crippen molar-refractivity contribution in [2.75, 3.05) is 43.2 Å². The predicted octanol–water partition coefficient (Wildman–Crippen LogP) is 2.95. The molecule has 8 nitrogen and oxygen atoms in total.